The molecule has 2 atom stereocenters. The zero-order chi connectivity index (χ0) is 34.6. The van der Waals surface area contributed by atoms with Gasteiger partial charge >= 0.3 is 6.18 Å². The number of carbonyl (C=O) groups excluding carboxylic acids is 3. The number of halogens is 4. The quantitative estimate of drug-likeness (QED) is 0.197. The molecule has 0 radical (unpaired) electrons. The first-order valence-electron chi connectivity index (χ1n) is 15.1. The number of nitrogens with one attached hydrogen (secondary N) is 2. The number of primary amides is 1. The monoisotopic (exact) mass is 665 g/mol. The molecule has 6 rings (SSSR count). The lowest BCUT2D eigenvalue weighted by molar-refractivity contribution is -0.265. The van der Waals surface area contributed by atoms with Crippen LogP contribution in [0.1, 0.15) is 53.4 Å². The Balaban J connectivity index is 1.39. The smallest absolute Gasteiger partial charge is 0.424 e. The molecule has 1 fully saturated rings. The van der Waals surface area contributed by atoms with Gasteiger partial charge in [-0.2, -0.15) is 13.2 Å². The minimum Gasteiger partial charge on any atom is -0.489 e. The zero-order valence-corrected chi connectivity index (χ0v) is 25.9. The van der Waals surface area contributed by atoms with Crippen LogP contribution >= 0.6 is 0 Å². The van der Waals surface area contributed by atoms with Gasteiger partial charge < -0.3 is 26.2 Å². The van der Waals surface area contributed by atoms with Crippen LogP contribution in [-0.4, -0.2) is 52.1 Å². The summed E-state index contributed by atoms with van der Waals surface area (Å²) in [5, 5.41) is 16.8. The lowest BCUT2D eigenvalue weighted by atomic mass is 9.81. The van der Waals surface area contributed by atoms with E-state index in [4.69, 9.17) is 10.5 Å². The van der Waals surface area contributed by atoms with Gasteiger partial charge in [0.15, 0.2) is 0 Å². The molecule has 1 aliphatic carbocycles. The molecule has 48 heavy (non-hydrogen) atoms. The fourth-order valence-corrected chi connectivity index (χ4v) is 5.74. The number of carbonyl (C=O) groups is 3. The SMILES string of the molecule is Cc1cnc2c(NC(=O)C3CCC3)cc(C(=O)NC[C@](O)(c3cc4c(c(-c5ccc(F)cc5)n3)OC[C@]4(C)C(N)=O)C(F)(F)F)cc2c1. The van der Waals surface area contributed by atoms with Crippen LogP contribution < -0.4 is 21.1 Å². The van der Waals surface area contributed by atoms with Crippen molar-refractivity contribution < 1.29 is 41.8 Å². The Morgan fingerprint density at radius 2 is 1.81 bits per heavy atom. The van der Waals surface area contributed by atoms with E-state index in [1.807, 2.05) is 0 Å². The normalized spacial score (nSPS) is 18.7. The number of benzene rings is 2. The summed E-state index contributed by atoms with van der Waals surface area (Å²) in [6.07, 6.45) is -1.45. The highest BCUT2D eigenvalue weighted by atomic mass is 19.4. The predicted molar refractivity (Wildman–Crippen MR) is 166 cm³/mol. The number of nitrogens with two attached hydrogens (primary N) is 1. The molecule has 5 N–H and O–H groups in total. The van der Waals surface area contributed by atoms with Crippen molar-refractivity contribution in [2.45, 2.75) is 50.3 Å². The van der Waals surface area contributed by atoms with E-state index in [9.17, 15) is 37.1 Å². The summed E-state index contributed by atoms with van der Waals surface area (Å²) < 4.78 is 63.9. The number of hydrogen-bond donors (Lipinski definition) is 4. The molecule has 2 aromatic heterocycles. The summed E-state index contributed by atoms with van der Waals surface area (Å²) in [5.41, 5.74) is 0.479. The van der Waals surface area contributed by atoms with Gasteiger partial charge in [0, 0.05) is 34.2 Å². The van der Waals surface area contributed by atoms with Crippen molar-refractivity contribution in [2.75, 3.05) is 18.5 Å². The average molecular weight is 666 g/mol. The topological polar surface area (TPSA) is 157 Å². The molecule has 2 aliphatic rings. The van der Waals surface area contributed by atoms with E-state index in [2.05, 4.69) is 20.6 Å². The van der Waals surface area contributed by atoms with Gasteiger partial charge in [-0.3, -0.25) is 19.4 Å². The van der Waals surface area contributed by atoms with E-state index in [0.29, 0.717) is 10.9 Å². The van der Waals surface area contributed by atoms with Crippen LogP contribution in [0.3, 0.4) is 0 Å². The van der Waals surface area contributed by atoms with Crippen molar-refractivity contribution in [1.29, 1.82) is 0 Å². The molecule has 0 unspecified atom stereocenters. The highest BCUT2D eigenvalue weighted by Gasteiger charge is 2.57. The summed E-state index contributed by atoms with van der Waals surface area (Å²) >= 11 is 0. The molecule has 1 aliphatic heterocycles. The third-order valence-electron chi connectivity index (χ3n) is 9.05. The Morgan fingerprint density at radius 3 is 2.44 bits per heavy atom. The molecule has 250 valence electrons. The van der Waals surface area contributed by atoms with Crippen LogP contribution in [0.15, 0.2) is 54.7 Å². The van der Waals surface area contributed by atoms with Gasteiger partial charge in [-0.1, -0.05) is 6.42 Å². The molecular weight excluding hydrogens is 634 g/mol. The number of aliphatic hydroxyl groups is 1. The zero-order valence-electron chi connectivity index (χ0n) is 25.9. The molecule has 0 bridgehead atoms. The molecule has 3 amide bonds. The molecule has 0 saturated heterocycles. The van der Waals surface area contributed by atoms with Gasteiger partial charge in [-0.05, 0) is 80.8 Å². The molecule has 0 spiro atoms. The highest BCUT2D eigenvalue weighted by molar-refractivity contribution is 6.06. The Hall–Kier alpha value is -5.11. The lowest BCUT2D eigenvalue weighted by Crippen LogP contribution is -2.51. The maximum atomic E-state index is 14.8. The lowest BCUT2D eigenvalue weighted by Gasteiger charge is -2.31. The summed E-state index contributed by atoms with van der Waals surface area (Å²) in [4.78, 5) is 47.2. The molecule has 1 saturated carbocycles. The van der Waals surface area contributed by atoms with E-state index < -0.39 is 47.1 Å². The second kappa shape index (κ2) is 11.8. The Labute approximate surface area is 271 Å². The first-order chi connectivity index (χ1) is 22.6. The second-order valence-corrected chi connectivity index (χ2v) is 12.5. The number of anilines is 1. The van der Waals surface area contributed by atoms with Crippen LogP contribution in [0.2, 0.25) is 0 Å². The standard InChI is InChI=1S/C34H31F4N5O5/c1-17-10-20-11-21(12-24(26(20)40-14-17)42-30(45)19-4-3-5-19)29(44)41-15-33(47,34(36,37)38)25-13-23-28(48-16-32(23,2)31(39)46)27(43-25)18-6-8-22(35)9-7-18/h6-14,19,47H,3-5,15-16H2,1-2H3,(H2,39,46)(H,41,44)(H,42,45)/t32-,33-/m0/s1. The van der Waals surface area contributed by atoms with Crippen LogP contribution in [-0.2, 0) is 20.6 Å². The van der Waals surface area contributed by atoms with E-state index in [-0.39, 0.29) is 52.3 Å². The number of hydrogen-bond acceptors (Lipinski definition) is 7. The van der Waals surface area contributed by atoms with Gasteiger partial charge in [0.05, 0.1) is 23.4 Å². The van der Waals surface area contributed by atoms with Crippen molar-refractivity contribution in [3.05, 3.63) is 82.9 Å². The van der Waals surface area contributed by atoms with Gasteiger partial charge in [0.25, 0.3) is 5.91 Å². The van der Waals surface area contributed by atoms with Crippen molar-refractivity contribution >= 4 is 34.3 Å². The Morgan fingerprint density at radius 1 is 1.10 bits per heavy atom. The summed E-state index contributed by atoms with van der Waals surface area (Å²) in [6, 6.07) is 10.0. The predicted octanol–water partition coefficient (Wildman–Crippen LogP) is 4.80. The summed E-state index contributed by atoms with van der Waals surface area (Å²) in [5.74, 6) is -2.98. The van der Waals surface area contributed by atoms with E-state index in [1.54, 1.807) is 19.2 Å². The molecule has 4 aromatic rings. The first-order valence-corrected chi connectivity index (χ1v) is 15.1. The van der Waals surface area contributed by atoms with Crippen LogP contribution in [0.5, 0.6) is 5.75 Å². The number of aryl methyl sites for hydroxylation is 1. The van der Waals surface area contributed by atoms with Gasteiger partial charge in [0.2, 0.25) is 17.4 Å². The van der Waals surface area contributed by atoms with Crippen molar-refractivity contribution in [3.8, 4) is 17.0 Å². The minimum atomic E-state index is -5.39. The first kappa shape index (κ1) is 32.8. The molecule has 3 heterocycles. The van der Waals surface area contributed by atoms with Gasteiger partial charge in [0.1, 0.15) is 29.3 Å². The maximum Gasteiger partial charge on any atom is 0.424 e. The van der Waals surface area contributed by atoms with E-state index in [1.165, 1.54) is 31.2 Å². The number of amides is 3. The number of pyridine rings is 2. The fourth-order valence-electron chi connectivity index (χ4n) is 5.74. The van der Waals surface area contributed by atoms with Crippen molar-refractivity contribution in [3.63, 3.8) is 0 Å². The Bertz CT molecular complexity index is 1960. The Kier molecular flexibility index (Phi) is 8.10. The third-order valence-corrected chi connectivity index (χ3v) is 9.05. The van der Waals surface area contributed by atoms with Crippen molar-refractivity contribution in [1.82, 2.24) is 15.3 Å². The number of fused-ring (bicyclic) bond motifs is 2. The van der Waals surface area contributed by atoms with Gasteiger partial charge in [-0.15, -0.1) is 0 Å². The average Bonchev–Trinajstić information content (AvgIpc) is 3.35. The summed E-state index contributed by atoms with van der Waals surface area (Å²) in [6.45, 7) is 1.46. The molecular formula is C34H31F4N5O5. The second-order valence-electron chi connectivity index (χ2n) is 12.5. The third kappa shape index (κ3) is 5.69. The van der Waals surface area contributed by atoms with Gasteiger partial charge in [-0.25, -0.2) is 9.37 Å². The number of aromatic nitrogens is 2. The largest absolute Gasteiger partial charge is 0.489 e. The van der Waals surface area contributed by atoms with Crippen LogP contribution in [0, 0.1) is 18.7 Å². The maximum absolute atomic E-state index is 14.8. The number of alkyl halides is 3. The fraction of sp³-hybridized carbons (Fsp3) is 0.324. The minimum absolute atomic E-state index is 0.0447. The molecule has 10 nitrogen and oxygen atoms in total. The molecule has 14 heteroatoms. The van der Waals surface area contributed by atoms with E-state index in [0.717, 1.165) is 43.0 Å². The van der Waals surface area contributed by atoms with Crippen LogP contribution in [0.4, 0.5) is 23.2 Å². The number of ether oxygens (including phenoxy) is 1. The number of rotatable bonds is 8. The van der Waals surface area contributed by atoms with E-state index >= 15 is 0 Å². The number of nitrogens with zero attached hydrogens (tertiary/aromatic N) is 2. The molecule has 2 aromatic carbocycles. The highest BCUT2D eigenvalue weighted by Crippen LogP contribution is 2.47. The van der Waals surface area contributed by atoms with Crippen molar-refractivity contribution in [2.24, 2.45) is 11.7 Å². The summed E-state index contributed by atoms with van der Waals surface area (Å²) in [7, 11) is 0. The van der Waals surface area contributed by atoms with Crippen LogP contribution in [0.25, 0.3) is 22.2 Å².